The van der Waals surface area contributed by atoms with Gasteiger partial charge in [0, 0.05) is 11.4 Å². The molecule has 92 valence electrons. The maximum absolute atomic E-state index is 12.2. The highest BCUT2D eigenvalue weighted by Crippen LogP contribution is 2.47. The van der Waals surface area contributed by atoms with E-state index < -0.39 is 0 Å². The number of carbonyl (C=O) groups excluding carboxylic acids is 1. The monoisotopic (exact) mass is 250 g/mol. The Hall–Kier alpha value is -0.870. The number of amides is 1. The van der Waals surface area contributed by atoms with E-state index in [1.165, 1.54) is 17.7 Å². The lowest BCUT2D eigenvalue weighted by atomic mass is 10.1. The molecule has 1 N–H and O–H groups in total. The van der Waals surface area contributed by atoms with Crippen LogP contribution in [-0.4, -0.2) is 23.4 Å². The smallest absolute Gasteiger partial charge is 0.241 e. The molecule has 1 amide bonds. The summed E-state index contributed by atoms with van der Waals surface area (Å²) in [6.45, 7) is 5.12. The van der Waals surface area contributed by atoms with Gasteiger partial charge in [-0.2, -0.15) is 0 Å². The summed E-state index contributed by atoms with van der Waals surface area (Å²) in [7, 11) is 0. The van der Waals surface area contributed by atoms with Crippen LogP contribution in [0.25, 0.3) is 0 Å². The second-order valence-corrected chi connectivity index (χ2v) is 6.56. The van der Waals surface area contributed by atoms with Crippen LogP contribution in [0.1, 0.15) is 37.7 Å². The van der Waals surface area contributed by atoms with Crippen LogP contribution >= 0.6 is 11.3 Å². The minimum atomic E-state index is -0.0514. The average Bonchev–Trinajstić information content (AvgIpc) is 2.76. The molecule has 1 saturated heterocycles. The second kappa shape index (κ2) is 3.82. The zero-order chi connectivity index (χ0) is 12.0. The fourth-order valence-corrected chi connectivity index (χ4v) is 3.20. The molecule has 2 fully saturated rings. The molecule has 3 nitrogen and oxygen atoms in total. The van der Waals surface area contributed by atoms with E-state index in [2.05, 4.69) is 23.7 Å². The summed E-state index contributed by atoms with van der Waals surface area (Å²) >= 11 is 1.72. The topological polar surface area (TPSA) is 32.3 Å². The van der Waals surface area contributed by atoms with E-state index in [1.807, 2.05) is 17.9 Å². The Bertz CT molecular complexity index is 425. The number of hydrogen-bond acceptors (Lipinski definition) is 3. The first-order chi connectivity index (χ1) is 8.09. The van der Waals surface area contributed by atoms with Crippen LogP contribution in [0, 0.1) is 5.41 Å². The Balaban J connectivity index is 1.83. The van der Waals surface area contributed by atoms with Gasteiger partial charge in [0.15, 0.2) is 0 Å². The summed E-state index contributed by atoms with van der Waals surface area (Å²) in [6, 6.07) is 4.10. The molecule has 2 atom stereocenters. The summed E-state index contributed by atoms with van der Waals surface area (Å²) in [5.74, 6) is 0.247. The van der Waals surface area contributed by atoms with Crippen molar-refractivity contribution in [2.75, 3.05) is 6.54 Å². The quantitative estimate of drug-likeness (QED) is 0.893. The van der Waals surface area contributed by atoms with Crippen molar-refractivity contribution in [3.8, 4) is 0 Å². The van der Waals surface area contributed by atoms with Gasteiger partial charge in [-0.3, -0.25) is 10.1 Å². The Morgan fingerprint density at radius 2 is 2.35 bits per heavy atom. The van der Waals surface area contributed by atoms with Crippen LogP contribution in [-0.2, 0) is 4.79 Å². The lowest BCUT2D eigenvalue weighted by Crippen LogP contribution is -2.34. The van der Waals surface area contributed by atoms with Gasteiger partial charge < -0.3 is 4.90 Å². The van der Waals surface area contributed by atoms with Gasteiger partial charge in [-0.05, 0) is 36.6 Å². The van der Waals surface area contributed by atoms with Crippen molar-refractivity contribution in [1.29, 1.82) is 0 Å². The molecule has 3 rings (SSSR count). The molecule has 2 aliphatic rings. The van der Waals surface area contributed by atoms with Gasteiger partial charge in [-0.1, -0.05) is 13.0 Å². The fourth-order valence-electron chi connectivity index (χ4n) is 2.41. The number of nitrogens with one attached hydrogen (secondary N) is 1. The van der Waals surface area contributed by atoms with Crippen molar-refractivity contribution in [1.82, 2.24) is 10.2 Å². The first kappa shape index (κ1) is 11.2. The molecule has 0 spiro atoms. The molecule has 1 aliphatic heterocycles. The van der Waals surface area contributed by atoms with E-state index in [0.717, 1.165) is 6.54 Å². The van der Waals surface area contributed by atoms with Crippen LogP contribution in [0.2, 0.25) is 0 Å². The SMILES string of the molecule is CC1NC(c2cccs2)N(CC2(C)CC2)C1=O. The summed E-state index contributed by atoms with van der Waals surface area (Å²) in [6.07, 6.45) is 2.60. The predicted molar refractivity (Wildman–Crippen MR) is 68.7 cm³/mol. The van der Waals surface area contributed by atoms with Gasteiger partial charge in [0.2, 0.25) is 5.91 Å². The molecule has 1 aromatic rings. The zero-order valence-electron chi connectivity index (χ0n) is 10.3. The highest BCUT2D eigenvalue weighted by atomic mass is 32.1. The average molecular weight is 250 g/mol. The highest BCUT2D eigenvalue weighted by Gasteiger charge is 2.45. The molecular weight excluding hydrogens is 232 g/mol. The second-order valence-electron chi connectivity index (χ2n) is 5.58. The van der Waals surface area contributed by atoms with Crippen LogP contribution < -0.4 is 5.32 Å². The normalized spacial score (nSPS) is 30.9. The van der Waals surface area contributed by atoms with Crippen LogP contribution in [0.3, 0.4) is 0 Å². The summed E-state index contributed by atoms with van der Waals surface area (Å²) in [5.41, 5.74) is 0.372. The Kier molecular flexibility index (Phi) is 2.52. The molecule has 17 heavy (non-hydrogen) atoms. The van der Waals surface area contributed by atoms with Crippen molar-refractivity contribution in [3.05, 3.63) is 22.4 Å². The minimum Gasteiger partial charge on any atom is -0.320 e. The van der Waals surface area contributed by atoms with Crippen molar-refractivity contribution < 1.29 is 4.79 Å². The number of rotatable bonds is 3. The van der Waals surface area contributed by atoms with Crippen molar-refractivity contribution >= 4 is 17.2 Å². The minimum absolute atomic E-state index is 0.0514. The van der Waals surface area contributed by atoms with Gasteiger partial charge >= 0.3 is 0 Å². The lowest BCUT2D eigenvalue weighted by Gasteiger charge is -2.26. The zero-order valence-corrected chi connectivity index (χ0v) is 11.1. The first-order valence-electron chi connectivity index (χ1n) is 6.19. The van der Waals surface area contributed by atoms with Crippen LogP contribution in [0.5, 0.6) is 0 Å². The summed E-state index contributed by atoms with van der Waals surface area (Å²) in [4.78, 5) is 15.5. The Morgan fingerprint density at radius 3 is 2.94 bits per heavy atom. The van der Waals surface area contributed by atoms with E-state index in [9.17, 15) is 4.79 Å². The van der Waals surface area contributed by atoms with E-state index in [1.54, 1.807) is 11.3 Å². The first-order valence-corrected chi connectivity index (χ1v) is 7.07. The number of carbonyl (C=O) groups is 1. The third-order valence-corrected chi connectivity index (χ3v) is 4.77. The van der Waals surface area contributed by atoms with Gasteiger partial charge in [-0.15, -0.1) is 11.3 Å². The standard InChI is InChI=1S/C13H18N2OS/c1-9-12(16)15(8-13(2)5-6-13)11(14-9)10-4-3-7-17-10/h3-4,7,9,11,14H,5-6,8H2,1-2H3. The molecule has 2 unspecified atom stereocenters. The van der Waals surface area contributed by atoms with Crippen molar-refractivity contribution in [2.24, 2.45) is 5.41 Å². The van der Waals surface area contributed by atoms with E-state index in [0.29, 0.717) is 5.41 Å². The van der Waals surface area contributed by atoms with Gasteiger partial charge in [0.25, 0.3) is 0 Å². The fraction of sp³-hybridized carbons (Fsp3) is 0.615. The molecule has 0 bridgehead atoms. The Morgan fingerprint density at radius 1 is 1.59 bits per heavy atom. The van der Waals surface area contributed by atoms with E-state index >= 15 is 0 Å². The highest BCUT2D eigenvalue weighted by molar-refractivity contribution is 7.10. The summed E-state index contributed by atoms with van der Waals surface area (Å²) in [5, 5.41) is 5.46. The number of thiophene rings is 1. The van der Waals surface area contributed by atoms with Crippen LogP contribution in [0.15, 0.2) is 17.5 Å². The van der Waals surface area contributed by atoms with E-state index in [4.69, 9.17) is 0 Å². The third-order valence-electron chi connectivity index (χ3n) is 3.84. The maximum atomic E-state index is 12.2. The summed E-state index contributed by atoms with van der Waals surface area (Å²) < 4.78 is 0. The van der Waals surface area contributed by atoms with Crippen molar-refractivity contribution in [2.45, 2.75) is 38.9 Å². The van der Waals surface area contributed by atoms with Gasteiger partial charge in [0.1, 0.15) is 6.17 Å². The largest absolute Gasteiger partial charge is 0.320 e. The van der Waals surface area contributed by atoms with Gasteiger partial charge in [0.05, 0.1) is 6.04 Å². The molecular formula is C13H18N2OS. The third kappa shape index (κ3) is 2.00. The maximum Gasteiger partial charge on any atom is 0.241 e. The molecule has 0 aromatic carbocycles. The van der Waals surface area contributed by atoms with Crippen molar-refractivity contribution in [3.63, 3.8) is 0 Å². The molecule has 0 radical (unpaired) electrons. The van der Waals surface area contributed by atoms with Gasteiger partial charge in [-0.25, -0.2) is 0 Å². The Labute approximate surface area is 106 Å². The number of nitrogens with zero attached hydrogens (tertiary/aromatic N) is 1. The molecule has 1 aromatic heterocycles. The van der Waals surface area contributed by atoms with Crippen LogP contribution in [0.4, 0.5) is 0 Å². The van der Waals surface area contributed by atoms with E-state index in [-0.39, 0.29) is 18.1 Å². The molecule has 4 heteroatoms. The number of hydrogen-bond donors (Lipinski definition) is 1. The molecule has 1 saturated carbocycles. The predicted octanol–water partition coefficient (Wildman–Crippen LogP) is 2.37. The lowest BCUT2D eigenvalue weighted by molar-refractivity contribution is -0.130. The molecule has 2 heterocycles. The molecule has 1 aliphatic carbocycles.